The van der Waals surface area contributed by atoms with Crippen LogP contribution in [0.15, 0.2) is 66.1 Å². The van der Waals surface area contributed by atoms with E-state index in [1.807, 2.05) is 37.3 Å². The van der Waals surface area contributed by atoms with Gasteiger partial charge in [-0.1, -0.05) is 36.4 Å². The molecule has 0 amide bonds. The highest BCUT2D eigenvalue weighted by Gasteiger charge is 2.21. The first-order valence-corrected chi connectivity index (χ1v) is 13.2. The van der Waals surface area contributed by atoms with E-state index in [9.17, 15) is 9.90 Å². The zero-order chi connectivity index (χ0) is 28.6. The molecule has 1 aliphatic rings. The van der Waals surface area contributed by atoms with E-state index in [1.54, 1.807) is 13.2 Å². The molecule has 0 aliphatic carbocycles. The number of benzene rings is 2. The number of methoxy groups -OCH3 is 2. The lowest BCUT2D eigenvalue weighted by Crippen LogP contribution is -2.39. The van der Waals surface area contributed by atoms with Crippen LogP contribution in [0.3, 0.4) is 0 Å². The summed E-state index contributed by atoms with van der Waals surface area (Å²) in [4.78, 5) is 18.6. The number of carboxylic acid groups (broad SMARTS) is 1. The van der Waals surface area contributed by atoms with Crippen LogP contribution in [0.1, 0.15) is 29.2 Å². The minimum absolute atomic E-state index is 0.0726. The maximum Gasteiger partial charge on any atom is 0.342 e. The van der Waals surface area contributed by atoms with E-state index in [-0.39, 0.29) is 11.5 Å². The van der Waals surface area contributed by atoms with Gasteiger partial charge in [0.2, 0.25) is 5.88 Å². The second-order valence-electron chi connectivity index (χ2n) is 9.80. The number of aliphatic carboxylic acids is 1. The summed E-state index contributed by atoms with van der Waals surface area (Å²) < 4.78 is 16.9. The highest BCUT2D eigenvalue weighted by atomic mass is 16.5. The van der Waals surface area contributed by atoms with E-state index in [0.717, 1.165) is 54.8 Å². The third-order valence-corrected chi connectivity index (χ3v) is 7.03. The van der Waals surface area contributed by atoms with Crippen LogP contribution in [-0.2, 0) is 33.8 Å². The van der Waals surface area contributed by atoms with E-state index in [2.05, 4.69) is 40.3 Å². The van der Waals surface area contributed by atoms with Gasteiger partial charge in [-0.3, -0.25) is 4.90 Å². The summed E-state index contributed by atoms with van der Waals surface area (Å²) in [5.41, 5.74) is 5.96. The first kappa shape index (κ1) is 28.8. The largest absolute Gasteiger partial charge is 0.488 e. The number of fused-ring (bicyclic) bond motifs is 1. The number of aryl methyl sites for hydroxylation is 1. The van der Waals surface area contributed by atoms with Crippen LogP contribution in [0.2, 0.25) is 0 Å². The Balaban J connectivity index is 1.53. The van der Waals surface area contributed by atoms with Crippen molar-refractivity contribution in [2.75, 3.05) is 32.7 Å². The summed E-state index contributed by atoms with van der Waals surface area (Å²) >= 11 is 0. The number of para-hydroxylation sites is 1. The van der Waals surface area contributed by atoms with Crippen LogP contribution in [0.25, 0.3) is 11.3 Å². The van der Waals surface area contributed by atoms with Crippen LogP contribution in [0.4, 0.5) is 5.82 Å². The fourth-order valence-electron chi connectivity index (χ4n) is 4.87. The molecule has 40 heavy (non-hydrogen) atoms. The van der Waals surface area contributed by atoms with Gasteiger partial charge in [-0.05, 0) is 60.7 Å². The third kappa shape index (κ3) is 6.67. The fourth-order valence-corrected chi connectivity index (χ4v) is 4.87. The molecule has 0 radical (unpaired) electrons. The summed E-state index contributed by atoms with van der Waals surface area (Å²) in [7, 11) is 3.08. The summed E-state index contributed by atoms with van der Waals surface area (Å²) in [6.45, 7) is 7.28. The molecule has 3 aromatic rings. The molecule has 0 fully saturated rings. The number of carboxylic acids is 1. The number of aromatic nitrogens is 1. The number of hydrogen-bond acceptors (Lipinski definition) is 8. The second kappa shape index (κ2) is 13.2. The van der Waals surface area contributed by atoms with Gasteiger partial charge in [0, 0.05) is 38.0 Å². The van der Waals surface area contributed by atoms with Crippen molar-refractivity contribution in [3.63, 3.8) is 0 Å². The van der Waals surface area contributed by atoms with Gasteiger partial charge in [0.15, 0.2) is 0 Å². The standard InChI is InChI=1S/C31H36N4O5/c1-20-7-5-8-25(27-9-6-10-28(33-27)34-30(39-4)26(16-32)31(36)37)29(20)40-19-22-11-12-24-17-35(21(2)18-38-3)14-13-23(24)15-22/h5-12,15-16,21,32H,13-14,17-19H2,1-4H3,(H,33,34)(H,36,37)/b30-26-,32-16?. The molecule has 9 heteroatoms. The van der Waals surface area contributed by atoms with Crippen LogP contribution in [0.5, 0.6) is 5.75 Å². The van der Waals surface area contributed by atoms with Crippen molar-refractivity contribution >= 4 is 18.0 Å². The maximum atomic E-state index is 11.5. The average Bonchev–Trinajstić information content (AvgIpc) is 2.96. The summed E-state index contributed by atoms with van der Waals surface area (Å²) in [6, 6.07) is 18.2. The molecule has 1 aliphatic heterocycles. The van der Waals surface area contributed by atoms with Crippen LogP contribution in [0, 0.1) is 12.3 Å². The number of nitrogens with zero attached hydrogens (tertiary/aromatic N) is 2. The van der Waals surface area contributed by atoms with E-state index < -0.39 is 5.97 Å². The zero-order valence-corrected chi connectivity index (χ0v) is 23.4. The Kier molecular flexibility index (Phi) is 9.52. The quantitative estimate of drug-likeness (QED) is 0.165. The van der Waals surface area contributed by atoms with E-state index in [4.69, 9.17) is 19.6 Å². The predicted molar refractivity (Wildman–Crippen MR) is 155 cm³/mol. The van der Waals surface area contributed by atoms with Gasteiger partial charge in [-0.25, -0.2) is 9.78 Å². The van der Waals surface area contributed by atoms with Gasteiger partial charge in [-0.15, -0.1) is 0 Å². The van der Waals surface area contributed by atoms with E-state index >= 15 is 0 Å². The Morgan fingerprint density at radius 2 is 1.98 bits per heavy atom. The molecule has 4 rings (SSSR count). The molecule has 9 nitrogen and oxygen atoms in total. The second-order valence-corrected chi connectivity index (χ2v) is 9.80. The Morgan fingerprint density at radius 1 is 1.18 bits per heavy atom. The first-order valence-electron chi connectivity index (χ1n) is 13.2. The fraction of sp³-hybridized carbons (Fsp3) is 0.323. The van der Waals surface area contributed by atoms with Crippen molar-refractivity contribution in [3.05, 3.63) is 88.3 Å². The molecule has 2 aromatic carbocycles. The summed E-state index contributed by atoms with van der Waals surface area (Å²) in [5.74, 6) is -0.231. The van der Waals surface area contributed by atoms with Gasteiger partial charge >= 0.3 is 5.97 Å². The van der Waals surface area contributed by atoms with Crippen molar-refractivity contribution in [2.45, 2.75) is 39.5 Å². The van der Waals surface area contributed by atoms with Gasteiger partial charge in [-0.2, -0.15) is 0 Å². The molecule has 2 heterocycles. The number of anilines is 1. The Labute approximate surface area is 234 Å². The molecule has 1 atom stereocenters. The number of pyridine rings is 1. The topological polar surface area (TPSA) is 117 Å². The van der Waals surface area contributed by atoms with Gasteiger partial charge in [0.1, 0.15) is 23.7 Å². The lowest BCUT2D eigenvalue weighted by atomic mass is 9.96. The summed E-state index contributed by atoms with van der Waals surface area (Å²) in [5, 5.41) is 19.6. The van der Waals surface area contributed by atoms with Gasteiger partial charge in [0.25, 0.3) is 0 Å². The van der Waals surface area contributed by atoms with Crippen LogP contribution in [-0.4, -0.2) is 60.6 Å². The SMILES string of the molecule is COCC(C)N1CCc2cc(COc3c(C)cccc3-c3cccc(N/C(OC)=C(\C=N)C(=O)O)n3)ccc2C1. The lowest BCUT2D eigenvalue weighted by molar-refractivity contribution is -0.132. The molecule has 0 saturated heterocycles. The van der Waals surface area contributed by atoms with Crippen molar-refractivity contribution in [2.24, 2.45) is 0 Å². The van der Waals surface area contributed by atoms with E-state index in [1.165, 1.54) is 18.2 Å². The number of carbonyl (C=O) groups is 1. The Bertz CT molecular complexity index is 1400. The van der Waals surface area contributed by atoms with Crippen LogP contribution < -0.4 is 10.1 Å². The van der Waals surface area contributed by atoms with Gasteiger partial charge in [0.05, 0.1) is 19.4 Å². The zero-order valence-electron chi connectivity index (χ0n) is 23.4. The highest BCUT2D eigenvalue weighted by Crippen LogP contribution is 2.33. The minimum Gasteiger partial charge on any atom is -0.488 e. The maximum absolute atomic E-state index is 11.5. The van der Waals surface area contributed by atoms with Crippen molar-refractivity contribution in [1.29, 1.82) is 5.41 Å². The Morgan fingerprint density at radius 3 is 2.70 bits per heavy atom. The number of rotatable bonds is 12. The van der Waals surface area contributed by atoms with E-state index in [0.29, 0.717) is 24.2 Å². The normalized spacial score (nSPS) is 14.5. The van der Waals surface area contributed by atoms with Crippen molar-refractivity contribution in [3.8, 4) is 17.0 Å². The molecule has 1 unspecified atom stereocenters. The number of nitrogens with one attached hydrogen (secondary N) is 2. The van der Waals surface area contributed by atoms with Crippen LogP contribution >= 0.6 is 0 Å². The molecule has 0 saturated carbocycles. The lowest BCUT2D eigenvalue weighted by Gasteiger charge is -2.33. The minimum atomic E-state index is -1.27. The molecule has 0 bridgehead atoms. The molecule has 0 spiro atoms. The first-order chi connectivity index (χ1) is 19.3. The number of ether oxygens (including phenoxy) is 3. The average molecular weight is 545 g/mol. The Hall–Kier alpha value is -4.21. The monoisotopic (exact) mass is 544 g/mol. The number of hydrogen-bond donors (Lipinski definition) is 3. The summed E-state index contributed by atoms with van der Waals surface area (Å²) in [6.07, 6.45) is 1.72. The molecular formula is C31H36N4O5. The molecular weight excluding hydrogens is 508 g/mol. The molecule has 210 valence electrons. The molecule has 1 aromatic heterocycles. The highest BCUT2D eigenvalue weighted by molar-refractivity contribution is 6.08. The predicted octanol–water partition coefficient (Wildman–Crippen LogP) is 5.03. The molecule has 3 N–H and O–H groups in total. The van der Waals surface area contributed by atoms with Crippen molar-refractivity contribution in [1.82, 2.24) is 9.88 Å². The van der Waals surface area contributed by atoms with Gasteiger partial charge < -0.3 is 30.0 Å². The van der Waals surface area contributed by atoms with Crippen molar-refractivity contribution < 1.29 is 24.1 Å². The smallest absolute Gasteiger partial charge is 0.342 e. The third-order valence-electron chi connectivity index (χ3n) is 7.03.